The van der Waals surface area contributed by atoms with Crippen LogP contribution in [-0.2, 0) is 14.2 Å². The lowest BCUT2D eigenvalue weighted by atomic mass is 9.96. The monoisotopic (exact) mass is 338 g/mol. The lowest BCUT2D eigenvalue weighted by Crippen LogP contribution is -2.24. The Bertz CT molecular complexity index is 660. The van der Waals surface area contributed by atoms with E-state index in [0.717, 1.165) is 11.1 Å². The zero-order valence-corrected chi connectivity index (χ0v) is 15.3. The number of benzene rings is 2. The topological polar surface area (TPSA) is 34.3 Å². The van der Waals surface area contributed by atoms with Crippen molar-refractivity contribution in [1.82, 2.24) is 0 Å². The van der Waals surface area contributed by atoms with Gasteiger partial charge in [-0.1, -0.05) is 60.7 Å². The van der Waals surface area contributed by atoms with E-state index in [-0.39, 0.29) is 35.6 Å². The minimum Gasteiger partial charge on any atom is -0.363 e. The third-order valence-electron chi connectivity index (χ3n) is 5.22. The van der Waals surface area contributed by atoms with Gasteiger partial charge in [0.05, 0.1) is 11.2 Å². The number of epoxide rings is 2. The Morgan fingerprint density at radius 2 is 1.00 bits per heavy atom. The molecule has 2 aliphatic rings. The molecule has 2 aromatic carbocycles. The van der Waals surface area contributed by atoms with Gasteiger partial charge in [-0.15, -0.1) is 0 Å². The maximum absolute atomic E-state index is 6.69. The van der Waals surface area contributed by atoms with E-state index in [9.17, 15) is 0 Å². The molecule has 2 aromatic rings. The molecule has 0 amide bonds. The molecule has 3 heteroatoms. The van der Waals surface area contributed by atoms with Gasteiger partial charge in [-0.25, -0.2) is 0 Å². The summed E-state index contributed by atoms with van der Waals surface area (Å²) in [6, 6.07) is 20.7. The van der Waals surface area contributed by atoms with E-state index in [1.54, 1.807) is 0 Å². The maximum Gasteiger partial charge on any atom is 0.117 e. The third kappa shape index (κ3) is 3.37. The summed E-state index contributed by atoms with van der Waals surface area (Å²) >= 11 is 0. The van der Waals surface area contributed by atoms with Crippen LogP contribution in [0.4, 0.5) is 0 Å². The largest absolute Gasteiger partial charge is 0.363 e. The van der Waals surface area contributed by atoms with Crippen molar-refractivity contribution in [1.29, 1.82) is 0 Å². The van der Waals surface area contributed by atoms with Gasteiger partial charge in [0.2, 0.25) is 0 Å². The summed E-state index contributed by atoms with van der Waals surface area (Å²) < 4.78 is 18.6. The second-order valence-corrected chi connectivity index (χ2v) is 8.08. The molecular weight excluding hydrogens is 312 g/mol. The second-order valence-electron chi connectivity index (χ2n) is 8.08. The van der Waals surface area contributed by atoms with Crippen molar-refractivity contribution in [2.24, 2.45) is 0 Å². The van der Waals surface area contributed by atoms with E-state index >= 15 is 0 Å². The normalized spacial score (nSPS) is 28.2. The molecular formula is C22H26O3. The smallest absolute Gasteiger partial charge is 0.117 e. The van der Waals surface area contributed by atoms with Crippen LogP contribution in [0.3, 0.4) is 0 Å². The van der Waals surface area contributed by atoms with E-state index in [2.05, 4.69) is 76.2 Å². The average Bonchev–Trinajstić information content (AvgIpc) is 3.44. The van der Waals surface area contributed by atoms with Crippen molar-refractivity contribution in [3.05, 3.63) is 71.8 Å². The molecule has 0 aromatic heterocycles. The Kier molecular flexibility index (Phi) is 3.99. The van der Waals surface area contributed by atoms with E-state index < -0.39 is 0 Å². The molecule has 4 atom stereocenters. The van der Waals surface area contributed by atoms with Crippen LogP contribution in [0.1, 0.15) is 51.0 Å². The molecule has 3 nitrogen and oxygen atoms in total. The number of hydrogen-bond acceptors (Lipinski definition) is 3. The third-order valence-corrected chi connectivity index (χ3v) is 5.22. The van der Waals surface area contributed by atoms with Crippen LogP contribution in [-0.4, -0.2) is 23.4 Å². The summed E-state index contributed by atoms with van der Waals surface area (Å²) in [6.45, 7) is 8.47. The summed E-state index contributed by atoms with van der Waals surface area (Å²) in [5, 5.41) is 0. The summed E-state index contributed by atoms with van der Waals surface area (Å²) in [5.74, 6) is 0. The molecule has 0 spiro atoms. The fourth-order valence-electron chi connectivity index (χ4n) is 3.53. The maximum atomic E-state index is 6.69. The number of ether oxygens (including phenoxy) is 3. The molecule has 2 heterocycles. The Morgan fingerprint density at radius 1 is 0.680 bits per heavy atom. The first-order chi connectivity index (χ1) is 11.9. The molecule has 132 valence electrons. The molecule has 25 heavy (non-hydrogen) atoms. The van der Waals surface area contributed by atoms with Crippen LogP contribution >= 0.6 is 0 Å². The standard InChI is InChI=1S/C22H26O3/c1-21(2)19(24-21)17(15-11-7-5-8-12-15)23-18(20-22(3,4)25-20)16-13-9-6-10-14-16/h5-14,17-20H,1-4H3. The highest BCUT2D eigenvalue weighted by molar-refractivity contribution is 5.26. The highest BCUT2D eigenvalue weighted by Gasteiger charge is 2.58. The van der Waals surface area contributed by atoms with Crippen LogP contribution in [0, 0.1) is 0 Å². The minimum atomic E-state index is -0.151. The second kappa shape index (κ2) is 5.94. The zero-order chi connectivity index (χ0) is 17.7. The van der Waals surface area contributed by atoms with Crippen molar-refractivity contribution in [2.75, 3.05) is 0 Å². The van der Waals surface area contributed by atoms with Gasteiger partial charge in [0.15, 0.2) is 0 Å². The van der Waals surface area contributed by atoms with Gasteiger partial charge < -0.3 is 14.2 Å². The lowest BCUT2D eigenvalue weighted by Gasteiger charge is -2.25. The highest BCUT2D eigenvalue weighted by atomic mass is 16.7. The first kappa shape index (κ1) is 16.8. The predicted molar refractivity (Wildman–Crippen MR) is 97.4 cm³/mol. The average molecular weight is 338 g/mol. The van der Waals surface area contributed by atoms with Crippen LogP contribution in [0.2, 0.25) is 0 Å². The first-order valence-corrected chi connectivity index (χ1v) is 8.99. The molecule has 0 bridgehead atoms. The summed E-state index contributed by atoms with van der Waals surface area (Å²) in [4.78, 5) is 0. The van der Waals surface area contributed by atoms with Gasteiger partial charge in [0.1, 0.15) is 24.4 Å². The summed E-state index contributed by atoms with van der Waals surface area (Å²) in [7, 11) is 0. The van der Waals surface area contributed by atoms with Crippen LogP contribution in [0.15, 0.2) is 60.7 Å². The fourth-order valence-corrected chi connectivity index (χ4v) is 3.53. The van der Waals surface area contributed by atoms with Crippen molar-refractivity contribution in [3.63, 3.8) is 0 Å². The van der Waals surface area contributed by atoms with Gasteiger partial charge in [0, 0.05) is 0 Å². The van der Waals surface area contributed by atoms with E-state index in [0.29, 0.717) is 0 Å². The Morgan fingerprint density at radius 3 is 1.28 bits per heavy atom. The van der Waals surface area contributed by atoms with E-state index in [4.69, 9.17) is 14.2 Å². The molecule has 0 aliphatic carbocycles. The fraction of sp³-hybridized carbons (Fsp3) is 0.455. The molecule has 0 saturated carbocycles. The van der Waals surface area contributed by atoms with Crippen LogP contribution in [0.25, 0.3) is 0 Å². The molecule has 0 radical (unpaired) electrons. The van der Waals surface area contributed by atoms with Crippen molar-refractivity contribution in [2.45, 2.75) is 63.3 Å². The van der Waals surface area contributed by atoms with Gasteiger partial charge in [-0.3, -0.25) is 0 Å². The van der Waals surface area contributed by atoms with Crippen molar-refractivity contribution >= 4 is 0 Å². The Labute approximate surface area is 149 Å². The van der Waals surface area contributed by atoms with Crippen molar-refractivity contribution < 1.29 is 14.2 Å². The van der Waals surface area contributed by atoms with Gasteiger partial charge in [0.25, 0.3) is 0 Å². The molecule has 2 aliphatic heterocycles. The van der Waals surface area contributed by atoms with E-state index in [1.807, 2.05) is 12.1 Å². The molecule has 2 fully saturated rings. The number of rotatable bonds is 6. The van der Waals surface area contributed by atoms with Gasteiger partial charge in [-0.05, 0) is 38.8 Å². The minimum absolute atomic E-state index is 0.0583. The SMILES string of the molecule is CC1(C)OC1C(OC(c1ccccc1)C1OC1(C)C)c1ccccc1. The Hall–Kier alpha value is -1.68. The molecule has 4 unspecified atom stereocenters. The van der Waals surface area contributed by atoms with Crippen LogP contribution < -0.4 is 0 Å². The highest BCUT2D eigenvalue weighted by Crippen LogP contribution is 2.51. The molecule has 4 rings (SSSR count). The van der Waals surface area contributed by atoms with Crippen LogP contribution in [0.5, 0.6) is 0 Å². The predicted octanol–water partition coefficient (Wildman–Crippen LogP) is 4.84. The quantitative estimate of drug-likeness (QED) is 0.707. The van der Waals surface area contributed by atoms with Gasteiger partial charge >= 0.3 is 0 Å². The summed E-state index contributed by atoms with van der Waals surface area (Å²) in [5.41, 5.74) is 2.00. The molecule has 0 N–H and O–H groups in total. The summed E-state index contributed by atoms with van der Waals surface area (Å²) in [6.07, 6.45) is -0.103. The lowest BCUT2D eigenvalue weighted by molar-refractivity contribution is -0.0423. The molecule has 2 saturated heterocycles. The zero-order valence-electron chi connectivity index (χ0n) is 15.3. The van der Waals surface area contributed by atoms with E-state index in [1.165, 1.54) is 0 Å². The number of hydrogen-bond donors (Lipinski definition) is 0. The Balaban J connectivity index is 1.64. The van der Waals surface area contributed by atoms with Crippen molar-refractivity contribution in [3.8, 4) is 0 Å². The first-order valence-electron chi connectivity index (χ1n) is 8.99. The van der Waals surface area contributed by atoms with Gasteiger partial charge in [-0.2, -0.15) is 0 Å².